The van der Waals surface area contributed by atoms with Gasteiger partial charge >= 0.3 is 5.97 Å². The van der Waals surface area contributed by atoms with Crippen LogP contribution in [0.4, 0.5) is 4.39 Å². The Morgan fingerprint density at radius 2 is 2.08 bits per heavy atom. The average molecular weight is 223 g/mol. The summed E-state index contributed by atoms with van der Waals surface area (Å²) in [6, 6.07) is 2.55. The van der Waals surface area contributed by atoms with Crippen LogP contribution in [0.1, 0.15) is 10.4 Å². The first kappa shape index (κ1) is 10.3. The quantitative estimate of drug-likeness (QED) is 0.540. The molecule has 0 aliphatic carbocycles. The number of rotatable bonds is 1. The molecule has 0 unspecified atom stereocenters. The monoisotopic (exact) mass is 222 g/mol. The van der Waals surface area contributed by atoms with E-state index in [1.54, 1.807) is 0 Å². The number of carbonyl (C=O) groups is 1. The highest BCUT2D eigenvalue weighted by Crippen LogP contribution is 2.26. The minimum atomic E-state index is -0.814. The molecule has 0 N–H and O–H groups in total. The molecule has 5 heteroatoms. The van der Waals surface area contributed by atoms with Gasteiger partial charge in [0.1, 0.15) is 0 Å². The number of hydrogen-bond acceptors (Lipinski definition) is 2. The maximum absolute atomic E-state index is 13.0. The molecule has 0 saturated heterocycles. The molecule has 0 aliphatic rings. The van der Waals surface area contributed by atoms with Gasteiger partial charge in [0, 0.05) is 0 Å². The van der Waals surface area contributed by atoms with E-state index in [1.165, 1.54) is 19.2 Å². The number of ether oxygens (including phenoxy) is 1. The smallest absolute Gasteiger partial charge is 0.339 e. The van der Waals surface area contributed by atoms with Crippen LogP contribution < -0.4 is 0 Å². The second-order valence-corrected chi connectivity index (χ2v) is 3.00. The average Bonchev–Trinajstić information content (AvgIpc) is 2.13. The Kier molecular flexibility index (Phi) is 3.12. The molecule has 1 aromatic rings. The highest BCUT2D eigenvalue weighted by Gasteiger charge is 2.16. The fourth-order valence-electron chi connectivity index (χ4n) is 0.794. The Morgan fingerprint density at radius 3 is 2.62 bits per heavy atom. The van der Waals surface area contributed by atoms with Gasteiger partial charge in [-0.2, -0.15) is 0 Å². The van der Waals surface area contributed by atoms with Crippen molar-refractivity contribution in [1.82, 2.24) is 0 Å². The third-order valence-electron chi connectivity index (χ3n) is 1.44. The van der Waals surface area contributed by atoms with Gasteiger partial charge in [0.15, 0.2) is 5.82 Å². The van der Waals surface area contributed by atoms with Crippen molar-refractivity contribution in [1.29, 1.82) is 0 Å². The Hall–Kier alpha value is -0.800. The van der Waals surface area contributed by atoms with E-state index in [0.717, 1.165) is 0 Å². The predicted molar refractivity (Wildman–Crippen MR) is 47.8 cm³/mol. The first-order valence-corrected chi connectivity index (χ1v) is 4.05. The van der Waals surface area contributed by atoms with Gasteiger partial charge in [-0.3, -0.25) is 0 Å². The maximum Gasteiger partial charge on any atom is 0.339 e. The van der Waals surface area contributed by atoms with Crippen molar-refractivity contribution in [3.05, 3.63) is 33.6 Å². The summed E-state index contributed by atoms with van der Waals surface area (Å²) < 4.78 is 17.4. The van der Waals surface area contributed by atoms with Crippen LogP contribution in [0.25, 0.3) is 0 Å². The number of benzene rings is 1. The highest BCUT2D eigenvalue weighted by atomic mass is 35.5. The molecule has 0 aliphatic heterocycles. The number of hydrogen-bond donors (Lipinski definition) is 0. The zero-order chi connectivity index (χ0) is 10.0. The van der Waals surface area contributed by atoms with E-state index in [1.807, 2.05) is 0 Å². The SMILES string of the molecule is COC(=O)c1ccc(Cl)c(F)c1Cl. The fourth-order valence-corrected chi connectivity index (χ4v) is 1.24. The molecule has 0 heterocycles. The van der Waals surface area contributed by atoms with Crippen LogP contribution in [0.15, 0.2) is 12.1 Å². The highest BCUT2D eigenvalue weighted by molar-refractivity contribution is 6.36. The van der Waals surface area contributed by atoms with Gasteiger partial charge in [0.2, 0.25) is 0 Å². The van der Waals surface area contributed by atoms with Crippen LogP contribution >= 0.6 is 23.2 Å². The molecule has 0 radical (unpaired) electrons. The molecule has 0 fully saturated rings. The lowest BCUT2D eigenvalue weighted by molar-refractivity contribution is 0.0600. The summed E-state index contributed by atoms with van der Waals surface area (Å²) in [5.41, 5.74) is -0.0360. The Balaban J connectivity index is 3.26. The van der Waals surface area contributed by atoms with Crippen molar-refractivity contribution < 1.29 is 13.9 Å². The Morgan fingerprint density at radius 1 is 1.46 bits per heavy atom. The van der Waals surface area contributed by atoms with E-state index in [0.29, 0.717) is 0 Å². The van der Waals surface area contributed by atoms with E-state index in [-0.39, 0.29) is 15.6 Å². The lowest BCUT2D eigenvalue weighted by Crippen LogP contribution is -2.03. The molecular formula is C8H5Cl2FO2. The van der Waals surface area contributed by atoms with E-state index in [9.17, 15) is 9.18 Å². The molecule has 0 aromatic heterocycles. The maximum atomic E-state index is 13.0. The normalized spacial score (nSPS) is 9.85. The molecular weight excluding hydrogens is 218 g/mol. The minimum Gasteiger partial charge on any atom is -0.465 e. The number of carbonyl (C=O) groups excluding carboxylic acids is 1. The topological polar surface area (TPSA) is 26.3 Å². The molecule has 13 heavy (non-hydrogen) atoms. The lowest BCUT2D eigenvalue weighted by Gasteiger charge is -2.03. The van der Waals surface area contributed by atoms with Crippen molar-refractivity contribution >= 4 is 29.2 Å². The molecule has 0 bridgehead atoms. The third kappa shape index (κ3) is 1.92. The first-order valence-electron chi connectivity index (χ1n) is 3.29. The van der Waals surface area contributed by atoms with E-state index < -0.39 is 11.8 Å². The summed E-state index contributed by atoms with van der Waals surface area (Å²) in [5.74, 6) is -1.51. The van der Waals surface area contributed by atoms with Crippen molar-refractivity contribution in [3.8, 4) is 0 Å². The summed E-state index contributed by atoms with van der Waals surface area (Å²) >= 11 is 10.9. The minimum absolute atomic E-state index is 0.0360. The molecule has 0 amide bonds. The van der Waals surface area contributed by atoms with Crippen LogP contribution in [0.3, 0.4) is 0 Å². The van der Waals surface area contributed by atoms with Gasteiger partial charge in [-0.25, -0.2) is 9.18 Å². The van der Waals surface area contributed by atoms with E-state index in [4.69, 9.17) is 23.2 Å². The van der Waals surface area contributed by atoms with Crippen LogP contribution in [0.2, 0.25) is 10.0 Å². The van der Waals surface area contributed by atoms with Gasteiger partial charge in [-0.15, -0.1) is 0 Å². The van der Waals surface area contributed by atoms with Crippen LogP contribution in [0.5, 0.6) is 0 Å². The van der Waals surface area contributed by atoms with Crippen molar-refractivity contribution in [3.63, 3.8) is 0 Å². The molecule has 70 valence electrons. The summed E-state index contributed by atoms with van der Waals surface area (Å²) in [6.45, 7) is 0. The number of halogens is 3. The van der Waals surface area contributed by atoms with Gasteiger partial charge < -0.3 is 4.74 Å². The van der Waals surface area contributed by atoms with E-state index >= 15 is 0 Å². The summed E-state index contributed by atoms with van der Waals surface area (Å²) in [7, 11) is 1.19. The zero-order valence-electron chi connectivity index (χ0n) is 6.61. The van der Waals surface area contributed by atoms with Gasteiger partial charge in [0.25, 0.3) is 0 Å². The first-order chi connectivity index (χ1) is 6.07. The summed E-state index contributed by atoms with van der Waals surface area (Å²) in [6.07, 6.45) is 0. The lowest BCUT2D eigenvalue weighted by atomic mass is 10.2. The molecule has 1 rings (SSSR count). The third-order valence-corrected chi connectivity index (χ3v) is 2.10. The zero-order valence-corrected chi connectivity index (χ0v) is 8.12. The molecule has 0 atom stereocenters. The largest absolute Gasteiger partial charge is 0.465 e. The predicted octanol–water partition coefficient (Wildman–Crippen LogP) is 2.92. The molecule has 1 aromatic carbocycles. The second kappa shape index (κ2) is 3.94. The van der Waals surface area contributed by atoms with Gasteiger partial charge in [-0.05, 0) is 12.1 Å². The Labute approximate surface area is 84.2 Å². The van der Waals surface area contributed by atoms with E-state index in [2.05, 4.69) is 4.74 Å². The summed E-state index contributed by atoms with van der Waals surface area (Å²) in [5, 5.41) is -0.447. The molecule has 2 nitrogen and oxygen atoms in total. The Bertz CT molecular complexity index is 352. The van der Waals surface area contributed by atoms with Gasteiger partial charge in [-0.1, -0.05) is 23.2 Å². The number of methoxy groups -OCH3 is 1. The molecule has 0 saturated carbocycles. The number of esters is 1. The second-order valence-electron chi connectivity index (χ2n) is 2.21. The van der Waals surface area contributed by atoms with Crippen molar-refractivity contribution in [2.45, 2.75) is 0 Å². The van der Waals surface area contributed by atoms with Crippen LogP contribution in [-0.4, -0.2) is 13.1 Å². The molecule has 0 spiro atoms. The van der Waals surface area contributed by atoms with Crippen LogP contribution in [-0.2, 0) is 4.74 Å². The standard InChI is InChI=1S/C8H5Cl2FO2/c1-13-8(12)4-2-3-5(9)7(11)6(4)10/h2-3H,1H3. The van der Waals surface area contributed by atoms with Gasteiger partial charge in [0.05, 0.1) is 22.7 Å². The van der Waals surface area contributed by atoms with Crippen molar-refractivity contribution in [2.75, 3.05) is 7.11 Å². The van der Waals surface area contributed by atoms with Crippen molar-refractivity contribution in [2.24, 2.45) is 0 Å². The fraction of sp³-hybridized carbons (Fsp3) is 0.125. The summed E-state index contributed by atoms with van der Waals surface area (Å²) in [4.78, 5) is 11.0. The van der Waals surface area contributed by atoms with Crippen LogP contribution in [0, 0.1) is 5.82 Å².